The molecule has 0 bridgehead atoms. The lowest BCUT2D eigenvalue weighted by atomic mass is 9.92. The highest BCUT2D eigenvalue weighted by Crippen LogP contribution is 2.44. The second kappa shape index (κ2) is 17.9. The summed E-state index contributed by atoms with van der Waals surface area (Å²) in [5.41, 5.74) is 21.4. The lowest BCUT2D eigenvalue weighted by Gasteiger charge is -2.27. The van der Waals surface area contributed by atoms with Crippen LogP contribution in [-0.2, 0) is 0 Å². The number of nitrogens with zero attached hydrogens (tertiary/aromatic N) is 3. The summed E-state index contributed by atoms with van der Waals surface area (Å²) in [6.45, 7) is 4.87. The van der Waals surface area contributed by atoms with E-state index in [2.05, 4.69) is 292 Å². The summed E-state index contributed by atoms with van der Waals surface area (Å²) in [6, 6.07) is 91.1. The van der Waals surface area contributed by atoms with Crippen LogP contribution in [-0.4, -0.2) is 9.13 Å². The van der Waals surface area contributed by atoms with Gasteiger partial charge in [0.15, 0.2) is 0 Å². The van der Waals surface area contributed by atoms with Crippen molar-refractivity contribution in [3.05, 3.63) is 291 Å². The summed E-state index contributed by atoms with van der Waals surface area (Å²) in [6.07, 6.45) is 6.71. The van der Waals surface area contributed by atoms with E-state index in [1.807, 2.05) is 0 Å². The summed E-state index contributed by atoms with van der Waals surface area (Å²) in [7, 11) is 0. The van der Waals surface area contributed by atoms with E-state index < -0.39 is 0 Å². The molecule has 77 heavy (non-hydrogen) atoms. The van der Waals surface area contributed by atoms with Crippen LogP contribution in [0, 0.1) is 0 Å². The van der Waals surface area contributed by atoms with Crippen LogP contribution in [0.2, 0.25) is 0 Å². The van der Waals surface area contributed by atoms with E-state index in [0.717, 1.165) is 106 Å². The molecule has 14 aromatic rings. The van der Waals surface area contributed by atoms with Crippen LogP contribution in [0.4, 0.5) is 22.7 Å². The number of allylic oxidation sites excluding steroid dienone is 4. The van der Waals surface area contributed by atoms with E-state index in [-0.39, 0.29) is 0 Å². The van der Waals surface area contributed by atoms with Crippen molar-refractivity contribution in [3.63, 3.8) is 0 Å². The van der Waals surface area contributed by atoms with Crippen molar-refractivity contribution in [2.75, 3.05) is 10.2 Å². The Morgan fingerprint density at radius 3 is 1.61 bits per heavy atom. The van der Waals surface area contributed by atoms with Gasteiger partial charge >= 0.3 is 0 Å². The quantitative estimate of drug-likeness (QED) is 0.165. The van der Waals surface area contributed by atoms with Crippen LogP contribution < -0.4 is 10.2 Å². The van der Waals surface area contributed by atoms with Crippen LogP contribution >= 0.6 is 0 Å². The van der Waals surface area contributed by atoms with Gasteiger partial charge in [-0.25, -0.2) is 0 Å². The van der Waals surface area contributed by atoms with E-state index in [9.17, 15) is 0 Å². The Labute approximate surface area is 445 Å². The Balaban J connectivity index is 0.876. The molecule has 11 aromatic carbocycles. The molecule has 362 valence electrons. The molecule has 5 nitrogen and oxygen atoms in total. The third kappa shape index (κ3) is 7.47. The van der Waals surface area contributed by atoms with Crippen molar-refractivity contribution in [1.29, 1.82) is 0 Å². The fraction of sp³-hybridized carbons (Fsp3) is 0. The van der Waals surface area contributed by atoms with E-state index in [0.29, 0.717) is 0 Å². The molecule has 15 rings (SSSR count). The molecular weight excluding hydrogens is 937 g/mol. The molecule has 4 heterocycles. The number of fused-ring (bicyclic) bond motifs is 10. The fourth-order valence-electron chi connectivity index (χ4n) is 11.8. The molecule has 1 aliphatic heterocycles. The zero-order valence-corrected chi connectivity index (χ0v) is 41.9. The molecule has 0 saturated heterocycles. The molecule has 0 spiro atoms. The van der Waals surface area contributed by atoms with Crippen molar-refractivity contribution < 1.29 is 4.42 Å². The number of anilines is 4. The van der Waals surface area contributed by atoms with E-state index in [1.165, 1.54) is 38.1 Å². The zero-order valence-electron chi connectivity index (χ0n) is 41.9. The predicted octanol–water partition coefficient (Wildman–Crippen LogP) is 19.6. The van der Waals surface area contributed by atoms with Crippen LogP contribution in [0.3, 0.4) is 0 Å². The first-order chi connectivity index (χ1) is 38.1. The minimum Gasteiger partial charge on any atom is -0.456 e. The minimum absolute atomic E-state index is 0.828. The zero-order chi connectivity index (χ0) is 51.0. The average molecular weight is 985 g/mol. The van der Waals surface area contributed by atoms with Crippen LogP contribution in [0.15, 0.2) is 284 Å². The number of aromatic nitrogens is 2. The molecule has 0 saturated carbocycles. The second-order valence-corrected chi connectivity index (χ2v) is 19.9. The molecule has 0 radical (unpaired) electrons. The Hall–Kier alpha value is -10.4. The molecule has 0 aliphatic carbocycles. The Morgan fingerprint density at radius 1 is 0.364 bits per heavy atom. The van der Waals surface area contributed by atoms with Gasteiger partial charge in [0, 0.05) is 78.1 Å². The molecule has 5 heteroatoms. The van der Waals surface area contributed by atoms with Crippen LogP contribution in [0.5, 0.6) is 0 Å². The maximum absolute atomic E-state index is 6.55. The lowest BCUT2D eigenvalue weighted by Crippen LogP contribution is -2.12. The molecule has 1 aliphatic rings. The number of nitrogens with one attached hydrogen (secondary N) is 1. The molecule has 3 aromatic heterocycles. The number of para-hydroxylation sites is 5. The van der Waals surface area contributed by atoms with Gasteiger partial charge in [-0.05, 0) is 161 Å². The SMILES string of the molecule is C=C1/C=C(c2ccc3c(c2)c2ccccc2n3-c2ccccc2)\C=C/N(c2ccc3oc4ccc(Nc5ccccc5-c5ccccc5)cc4c3c2)c2ccc(-c3ccc4c(c3)c3ccccc3n4-c3ccccc3)cc21. The molecular formula is C72H48N4O. The van der Waals surface area contributed by atoms with Crippen molar-refractivity contribution in [1.82, 2.24) is 9.13 Å². The highest BCUT2D eigenvalue weighted by Gasteiger charge is 2.22. The van der Waals surface area contributed by atoms with Gasteiger partial charge in [-0.3, -0.25) is 0 Å². The number of hydrogen-bond donors (Lipinski definition) is 1. The maximum atomic E-state index is 6.55. The third-order valence-corrected chi connectivity index (χ3v) is 15.4. The minimum atomic E-state index is 0.828. The van der Waals surface area contributed by atoms with Crippen molar-refractivity contribution in [2.45, 2.75) is 0 Å². The lowest BCUT2D eigenvalue weighted by molar-refractivity contribution is 0.669. The van der Waals surface area contributed by atoms with Gasteiger partial charge in [0.2, 0.25) is 0 Å². The highest BCUT2D eigenvalue weighted by atomic mass is 16.3. The average Bonchev–Trinajstić information content (AvgIpc) is 4.27. The number of rotatable bonds is 8. The monoisotopic (exact) mass is 984 g/mol. The summed E-state index contributed by atoms with van der Waals surface area (Å²) >= 11 is 0. The predicted molar refractivity (Wildman–Crippen MR) is 324 cm³/mol. The first kappa shape index (κ1) is 44.2. The van der Waals surface area contributed by atoms with Gasteiger partial charge in [-0.15, -0.1) is 0 Å². The third-order valence-electron chi connectivity index (χ3n) is 15.4. The summed E-state index contributed by atoms with van der Waals surface area (Å²) in [5.74, 6) is 0. The Bertz CT molecular complexity index is 4730. The van der Waals surface area contributed by atoms with Gasteiger partial charge < -0.3 is 23.8 Å². The van der Waals surface area contributed by atoms with Crippen molar-refractivity contribution in [2.24, 2.45) is 0 Å². The van der Waals surface area contributed by atoms with Gasteiger partial charge in [0.25, 0.3) is 0 Å². The number of hydrogen-bond acceptors (Lipinski definition) is 3. The van der Waals surface area contributed by atoms with Gasteiger partial charge in [0.1, 0.15) is 11.2 Å². The Morgan fingerprint density at radius 2 is 0.909 bits per heavy atom. The number of benzene rings is 11. The van der Waals surface area contributed by atoms with Crippen molar-refractivity contribution >= 4 is 99.4 Å². The van der Waals surface area contributed by atoms with Crippen LogP contribution in [0.25, 0.3) is 110 Å². The van der Waals surface area contributed by atoms with E-state index >= 15 is 0 Å². The van der Waals surface area contributed by atoms with Gasteiger partial charge in [0.05, 0.1) is 27.8 Å². The van der Waals surface area contributed by atoms with E-state index in [4.69, 9.17) is 11.0 Å². The molecule has 0 unspecified atom stereocenters. The summed E-state index contributed by atoms with van der Waals surface area (Å²) < 4.78 is 11.3. The molecule has 0 atom stereocenters. The van der Waals surface area contributed by atoms with E-state index in [1.54, 1.807) is 0 Å². The normalized spacial score (nSPS) is 13.8. The number of furan rings is 1. The molecule has 1 N–H and O–H groups in total. The van der Waals surface area contributed by atoms with Gasteiger partial charge in [-0.2, -0.15) is 0 Å². The smallest absolute Gasteiger partial charge is 0.135 e. The first-order valence-corrected chi connectivity index (χ1v) is 26.2. The first-order valence-electron chi connectivity index (χ1n) is 26.2. The standard InChI is InChI=1S/C72H48N4O/c1-47-41-52(51-31-36-70-62(44-51)59-25-13-16-28-68(59)76(70)55-21-9-4-10-22-55)39-40-74(56-33-38-72-64(46-56)63-45-53(32-37-71(63)77-72)73-65-26-14-11-23-57(65)48-17-5-2-6-18-48)66-34-29-49(42-60(47)66)50-30-35-69-61(43-50)58-24-12-15-27-67(58)75(69)54-19-7-3-8-20-54/h2-46,73H,1H2/b40-39-,52-41+. The van der Waals surface area contributed by atoms with Crippen LogP contribution in [0.1, 0.15) is 11.1 Å². The fourth-order valence-corrected chi connectivity index (χ4v) is 11.8. The highest BCUT2D eigenvalue weighted by molar-refractivity contribution is 6.13. The Kier molecular flexibility index (Phi) is 10.3. The van der Waals surface area contributed by atoms with Crippen molar-refractivity contribution in [3.8, 4) is 33.6 Å². The maximum Gasteiger partial charge on any atom is 0.135 e. The summed E-state index contributed by atoms with van der Waals surface area (Å²) in [4.78, 5) is 2.31. The topological polar surface area (TPSA) is 38.3 Å². The largest absolute Gasteiger partial charge is 0.456 e. The summed E-state index contributed by atoms with van der Waals surface area (Å²) in [5, 5.41) is 10.6. The second-order valence-electron chi connectivity index (χ2n) is 19.9. The molecule has 0 fully saturated rings. The molecule has 0 amide bonds. The van der Waals surface area contributed by atoms with Gasteiger partial charge in [-0.1, -0.05) is 146 Å².